The number of ether oxygens (including phenoxy) is 1. The average Bonchev–Trinajstić information content (AvgIpc) is 2.68. The number of benzene rings is 1. The first kappa shape index (κ1) is 23.1. The smallest absolute Gasteiger partial charge is 0.243 e. The first-order valence-corrected chi connectivity index (χ1v) is 11.3. The molecule has 158 valence electrons. The molecule has 1 aromatic rings. The SMILES string of the molecule is CN(CCO)C(=O)CCO[C@H]1CC[C@H](N(C)S(=O)(=O)c2ccc(Cl)cc2)CC1. The van der Waals surface area contributed by atoms with Gasteiger partial charge < -0.3 is 14.7 Å². The van der Waals surface area contributed by atoms with Crippen LogP contribution >= 0.6 is 11.6 Å². The number of sulfonamides is 1. The summed E-state index contributed by atoms with van der Waals surface area (Å²) in [5, 5.41) is 9.35. The third-order valence-corrected chi connectivity index (χ3v) is 7.36. The summed E-state index contributed by atoms with van der Waals surface area (Å²) in [5.74, 6) is -0.0588. The van der Waals surface area contributed by atoms with E-state index in [1.807, 2.05) is 0 Å². The van der Waals surface area contributed by atoms with E-state index in [2.05, 4.69) is 0 Å². The van der Waals surface area contributed by atoms with Crippen LogP contribution in [0.5, 0.6) is 0 Å². The van der Waals surface area contributed by atoms with E-state index in [0.717, 1.165) is 12.8 Å². The minimum atomic E-state index is -3.55. The van der Waals surface area contributed by atoms with Crippen LogP contribution in [-0.2, 0) is 19.6 Å². The molecule has 1 amide bonds. The zero-order valence-electron chi connectivity index (χ0n) is 16.4. The molecule has 0 atom stereocenters. The van der Waals surface area contributed by atoms with Crippen LogP contribution in [-0.4, -0.2) is 74.6 Å². The van der Waals surface area contributed by atoms with Gasteiger partial charge in [0, 0.05) is 31.7 Å². The van der Waals surface area contributed by atoms with Gasteiger partial charge in [0.1, 0.15) is 0 Å². The summed E-state index contributed by atoms with van der Waals surface area (Å²) >= 11 is 5.84. The van der Waals surface area contributed by atoms with E-state index in [4.69, 9.17) is 21.4 Å². The third kappa shape index (κ3) is 6.15. The summed E-state index contributed by atoms with van der Waals surface area (Å²) in [5.41, 5.74) is 0. The molecule has 1 fully saturated rings. The molecule has 7 nitrogen and oxygen atoms in total. The Morgan fingerprint density at radius 1 is 1.18 bits per heavy atom. The van der Waals surface area contributed by atoms with E-state index in [0.29, 0.717) is 31.0 Å². The Labute approximate surface area is 172 Å². The number of rotatable bonds is 9. The lowest BCUT2D eigenvalue weighted by atomic mass is 9.93. The van der Waals surface area contributed by atoms with Gasteiger partial charge in [0.15, 0.2) is 0 Å². The molecule has 9 heteroatoms. The lowest BCUT2D eigenvalue weighted by Crippen LogP contribution is -2.40. The van der Waals surface area contributed by atoms with Crippen LogP contribution in [0.3, 0.4) is 0 Å². The van der Waals surface area contributed by atoms with Crippen LogP contribution in [0.15, 0.2) is 29.2 Å². The number of carbonyl (C=O) groups is 1. The molecule has 2 rings (SSSR count). The Bertz CT molecular complexity index is 733. The maximum Gasteiger partial charge on any atom is 0.243 e. The molecule has 1 aliphatic rings. The van der Waals surface area contributed by atoms with Gasteiger partial charge in [0.05, 0.1) is 30.6 Å². The van der Waals surface area contributed by atoms with Crippen molar-refractivity contribution in [2.24, 2.45) is 0 Å². The number of halogens is 1. The molecule has 0 aliphatic heterocycles. The van der Waals surface area contributed by atoms with Crippen LogP contribution in [0.4, 0.5) is 0 Å². The van der Waals surface area contributed by atoms with Crippen molar-refractivity contribution in [3.05, 3.63) is 29.3 Å². The predicted molar refractivity (Wildman–Crippen MR) is 108 cm³/mol. The highest BCUT2D eigenvalue weighted by Gasteiger charge is 2.31. The lowest BCUT2D eigenvalue weighted by molar-refractivity contribution is -0.132. The Hall–Kier alpha value is -1.19. The van der Waals surface area contributed by atoms with E-state index in [9.17, 15) is 13.2 Å². The first-order chi connectivity index (χ1) is 13.3. The molecule has 0 saturated heterocycles. The van der Waals surface area contributed by atoms with Crippen molar-refractivity contribution >= 4 is 27.5 Å². The minimum absolute atomic E-state index is 0.0406. The fraction of sp³-hybridized carbons (Fsp3) is 0.632. The van der Waals surface area contributed by atoms with Gasteiger partial charge in [-0.25, -0.2) is 8.42 Å². The first-order valence-electron chi connectivity index (χ1n) is 9.45. The molecule has 0 aromatic heterocycles. The quantitative estimate of drug-likeness (QED) is 0.645. The van der Waals surface area contributed by atoms with Gasteiger partial charge in [-0.05, 0) is 49.9 Å². The van der Waals surface area contributed by atoms with Crippen LogP contribution in [0.2, 0.25) is 5.02 Å². The van der Waals surface area contributed by atoms with Gasteiger partial charge in [-0.1, -0.05) is 11.6 Å². The summed E-state index contributed by atoms with van der Waals surface area (Å²) in [4.78, 5) is 13.6. The molecule has 0 heterocycles. The van der Waals surface area contributed by atoms with E-state index in [-0.39, 0.29) is 36.0 Å². The summed E-state index contributed by atoms with van der Waals surface area (Å²) in [7, 11) is -0.283. The topological polar surface area (TPSA) is 87.2 Å². The second-order valence-corrected chi connectivity index (χ2v) is 9.50. The van der Waals surface area contributed by atoms with E-state index in [1.165, 1.54) is 21.3 Å². The molecular weight excluding hydrogens is 404 g/mol. The second-order valence-electron chi connectivity index (χ2n) is 7.07. The molecule has 1 N–H and O–H groups in total. The van der Waals surface area contributed by atoms with Gasteiger partial charge in [-0.15, -0.1) is 0 Å². The number of hydrogen-bond donors (Lipinski definition) is 1. The van der Waals surface area contributed by atoms with Crippen molar-refractivity contribution in [1.82, 2.24) is 9.21 Å². The Morgan fingerprint density at radius 3 is 2.36 bits per heavy atom. The summed E-state index contributed by atoms with van der Waals surface area (Å²) in [6, 6.07) is 6.12. The lowest BCUT2D eigenvalue weighted by Gasteiger charge is -2.34. The maximum atomic E-state index is 12.8. The van der Waals surface area contributed by atoms with E-state index >= 15 is 0 Å². The number of likely N-dealkylation sites (N-methyl/N-ethyl adjacent to an activating group) is 1. The number of hydrogen-bond acceptors (Lipinski definition) is 5. The fourth-order valence-corrected chi connectivity index (χ4v) is 4.86. The van der Waals surface area contributed by atoms with Crippen LogP contribution in [0.1, 0.15) is 32.1 Å². The summed E-state index contributed by atoms with van der Waals surface area (Å²) in [6.45, 7) is 0.598. The fourth-order valence-electron chi connectivity index (χ4n) is 3.32. The maximum absolute atomic E-state index is 12.8. The van der Waals surface area contributed by atoms with Crippen molar-refractivity contribution in [2.45, 2.75) is 49.1 Å². The summed E-state index contributed by atoms with van der Waals surface area (Å²) in [6.07, 6.45) is 3.26. The van der Waals surface area contributed by atoms with Crippen molar-refractivity contribution in [2.75, 3.05) is 33.9 Å². The second kappa shape index (κ2) is 10.5. The van der Waals surface area contributed by atoms with Gasteiger partial charge in [0.25, 0.3) is 0 Å². The highest BCUT2D eigenvalue weighted by atomic mass is 35.5. The van der Waals surface area contributed by atoms with Crippen molar-refractivity contribution < 1.29 is 23.1 Å². The number of amides is 1. The number of nitrogens with zero attached hydrogens (tertiary/aromatic N) is 2. The normalized spacial score (nSPS) is 20.3. The van der Waals surface area contributed by atoms with Crippen molar-refractivity contribution in [3.63, 3.8) is 0 Å². The van der Waals surface area contributed by atoms with Gasteiger partial charge in [0.2, 0.25) is 15.9 Å². The minimum Gasteiger partial charge on any atom is -0.395 e. The van der Waals surface area contributed by atoms with Gasteiger partial charge in [-0.2, -0.15) is 4.31 Å². The van der Waals surface area contributed by atoms with Crippen molar-refractivity contribution in [1.29, 1.82) is 0 Å². The molecule has 1 aromatic carbocycles. The van der Waals surface area contributed by atoms with Crippen LogP contribution in [0, 0.1) is 0 Å². The highest BCUT2D eigenvalue weighted by molar-refractivity contribution is 7.89. The van der Waals surface area contributed by atoms with Gasteiger partial charge in [-0.3, -0.25) is 4.79 Å². The molecule has 1 saturated carbocycles. The highest BCUT2D eigenvalue weighted by Crippen LogP contribution is 2.28. The molecule has 1 aliphatic carbocycles. The number of carbonyl (C=O) groups excluding carboxylic acids is 1. The van der Waals surface area contributed by atoms with Gasteiger partial charge >= 0.3 is 0 Å². The molecule has 0 radical (unpaired) electrons. The van der Waals surface area contributed by atoms with Crippen molar-refractivity contribution in [3.8, 4) is 0 Å². The predicted octanol–water partition coefficient (Wildman–Crippen LogP) is 2.13. The monoisotopic (exact) mass is 432 g/mol. The Balaban J connectivity index is 1.80. The Morgan fingerprint density at radius 2 is 1.79 bits per heavy atom. The molecule has 28 heavy (non-hydrogen) atoms. The number of aliphatic hydroxyl groups is 1. The zero-order chi connectivity index (χ0) is 20.7. The standard InChI is InChI=1S/C19H29ClN2O5S/c1-21(12-13-23)19(24)11-14-27-17-7-5-16(6-8-17)22(2)28(25,26)18-9-3-15(20)4-10-18/h3-4,9-10,16-17,23H,5-8,11-14H2,1-2H3/t16-,17-. The van der Waals surface area contributed by atoms with E-state index in [1.54, 1.807) is 26.2 Å². The summed E-state index contributed by atoms with van der Waals surface area (Å²) < 4.78 is 32.8. The van der Waals surface area contributed by atoms with E-state index < -0.39 is 10.0 Å². The third-order valence-electron chi connectivity index (χ3n) is 5.18. The largest absolute Gasteiger partial charge is 0.395 e. The molecule has 0 unspecified atom stereocenters. The average molecular weight is 433 g/mol. The molecule has 0 bridgehead atoms. The number of aliphatic hydroxyl groups excluding tert-OH is 1. The molecular formula is C19H29ClN2O5S. The van der Waals surface area contributed by atoms with Crippen LogP contribution < -0.4 is 0 Å². The van der Waals surface area contributed by atoms with Crippen LogP contribution in [0.25, 0.3) is 0 Å². The zero-order valence-corrected chi connectivity index (χ0v) is 18.0. The Kier molecular flexibility index (Phi) is 8.70. The molecule has 0 spiro atoms.